The molecule has 1 aliphatic carbocycles. The Labute approximate surface area is 181 Å². The summed E-state index contributed by atoms with van der Waals surface area (Å²) in [5.74, 6) is 1.85. The Morgan fingerprint density at radius 3 is 2.43 bits per heavy atom. The summed E-state index contributed by atoms with van der Waals surface area (Å²) in [6, 6.07) is 9.18. The molecule has 0 bridgehead atoms. The van der Waals surface area contributed by atoms with Crippen molar-refractivity contribution in [3.05, 3.63) is 41.7 Å². The summed E-state index contributed by atoms with van der Waals surface area (Å²) < 4.78 is 28.9. The number of aromatic nitrogens is 3. The zero-order chi connectivity index (χ0) is 21.1. The number of nitrogens with zero attached hydrogens (tertiary/aromatic N) is 5. The van der Waals surface area contributed by atoms with Crippen LogP contribution in [0.3, 0.4) is 0 Å². The summed E-state index contributed by atoms with van der Waals surface area (Å²) in [7, 11) is -3.38. The van der Waals surface area contributed by atoms with E-state index < -0.39 is 10.0 Å². The van der Waals surface area contributed by atoms with Gasteiger partial charge in [0.25, 0.3) is 0 Å². The first-order valence-corrected chi connectivity index (χ1v) is 12.9. The van der Waals surface area contributed by atoms with Crippen LogP contribution in [0.4, 0.5) is 0 Å². The molecule has 30 heavy (non-hydrogen) atoms. The smallest absolute Gasteiger partial charge is 0.233 e. The molecule has 1 amide bonds. The Morgan fingerprint density at radius 2 is 1.80 bits per heavy atom. The first-order valence-electron chi connectivity index (χ1n) is 10.3. The van der Waals surface area contributed by atoms with Gasteiger partial charge in [-0.3, -0.25) is 4.79 Å². The number of sulfonamides is 1. The van der Waals surface area contributed by atoms with Gasteiger partial charge in [-0.15, -0.1) is 10.2 Å². The molecule has 10 heteroatoms. The van der Waals surface area contributed by atoms with Gasteiger partial charge in [0.15, 0.2) is 5.16 Å². The lowest BCUT2D eigenvalue weighted by Gasteiger charge is -2.34. The topological polar surface area (TPSA) is 88.4 Å². The molecular formula is C20H27N5O3S2. The number of thioether (sulfide) groups is 1. The van der Waals surface area contributed by atoms with Crippen LogP contribution in [0.5, 0.6) is 0 Å². The second-order valence-electron chi connectivity index (χ2n) is 7.67. The monoisotopic (exact) mass is 449 g/mol. The number of piperazine rings is 1. The Morgan fingerprint density at radius 1 is 1.10 bits per heavy atom. The van der Waals surface area contributed by atoms with Gasteiger partial charge in [0, 0.05) is 38.6 Å². The van der Waals surface area contributed by atoms with Crippen LogP contribution in [0, 0.1) is 0 Å². The van der Waals surface area contributed by atoms with Gasteiger partial charge in [-0.2, -0.15) is 4.31 Å². The van der Waals surface area contributed by atoms with Gasteiger partial charge in [-0.1, -0.05) is 42.1 Å². The molecule has 2 heterocycles. The molecule has 0 unspecified atom stereocenters. The van der Waals surface area contributed by atoms with E-state index in [0.717, 1.165) is 23.1 Å². The number of rotatable bonds is 8. The average Bonchev–Trinajstić information content (AvgIpc) is 3.52. The summed E-state index contributed by atoms with van der Waals surface area (Å²) in [6.07, 6.45) is 2.33. The number of amides is 1. The minimum Gasteiger partial charge on any atom is -0.339 e. The molecule has 1 aliphatic heterocycles. The van der Waals surface area contributed by atoms with Crippen LogP contribution >= 0.6 is 11.8 Å². The van der Waals surface area contributed by atoms with E-state index in [2.05, 4.69) is 21.7 Å². The van der Waals surface area contributed by atoms with E-state index in [4.69, 9.17) is 0 Å². The van der Waals surface area contributed by atoms with Crippen LogP contribution in [0.15, 0.2) is 35.5 Å². The summed E-state index contributed by atoms with van der Waals surface area (Å²) >= 11 is 1.41. The Balaban J connectivity index is 1.28. The molecule has 1 aromatic carbocycles. The van der Waals surface area contributed by atoms with Gasteiger partial charge in [-0.25, -0.2) is 8.42 Å². The molecule has 4 rings (SSSR count). The largest absolute Gasteiger partial charge is 0.339 e. The van der Waals surface area contributed by atoms with Crippen molar-refractivity contribution in [3.8, 4) is 0 Å². The van der Waals surface area contributed by atoms with Crippen LogP contribution in [0.25, 0.3) is 0 Å². The zero-order valence-corrected chi connectivity index (χ0v) is 18.7. The predicted octanol–water partition coefficient (Wildman–Crippen LogP) is 1.94. The van der Waals surface area contributed by atoms with Gasteiger partial charge in [0.05, 0.1) is 11.5 Å². The Kier molecular flexibility index (Phi) is 6.45. The highest BCUT2D eigenvalue weighted by molar-refractivity contribution is 7.99. The van der Waals surface area contributed by atoms with Crippen molar-refractivity contribution in [3.63, 3.8) is 0 Å². The predicted molar refractivity (Wildman–Crippen MR) is 116 cm³/mol. The van der Waals surface area contributed by atoms with Crippen molar-refractivity contribution < 1.29 is 13.2 Å². The molecule has 0 atom stereocenters. The first-order chi connectivity index (χ1) is 14.5. The molecule has 8 nitrogen and oxygen atoms in total. The quantitative estimate of drug-likeness (QED) is 0.573. The molecule has 162 valence electrons. The van der Waals surface area contributed by atoms with Crippen LogP contribution in [0.2, 0.25) is 0 Å². The van der Waals surface area contributed by atoms with Crippen LogP contribution in [0.1, 0.15) is 37.1 Å². The third-order valence-electron chi connectivity index (χ3n) is 5.51. The zero-order valence-electron chi connectivity index (χ0n) is 17.1. The van der Waals surface area contributed by atoms with Crippen molar-refractivity contribution in [1.29, 1.82) is 0 Å². The minimum atomic E-state index is -3.38. The summed E-state index contributed by atoms with van der Waals surface area (Å²) in [5, 5.41) is 9.36. The molecule has 1 aromatic heterocycles. The van der Waals surface area contributed by atoms with E-state index in [0.29, 0.717) is 37.8 Å². The maximum Gasteiger partial charge on any atom is 0.233 e. The van der Waals surface area contributed by atoms with Gasteiger partial charge >= 0.3 is 0 Å². The number of hydrogen-bond acceptors (Lipinski definition) is 6. The third-order valence-corrected chi connectivity index (χ3v) is 8.31. The van der Waals surface area contributed by atoms with Crippen molar-refractivity contribution >= 4 is 27.7 Å². The highest BCUT2D eigenvalue weighted by Crippen LogP contribution is 2.40. The SMILES string of the molecule is CCn1c(SCC(=O)N2CCN(S(=O)(=O)Cc3ccccc3)CC2)nnc1C1CC1. The highest BCUT2D eigenvalue weighted by atomic mass is 32.2. The Hall–Kier alpha value is -1.91. The molecular weight excluding hydrogens is 422 g/mol. The lowest BCUT2D eigenvalue weighted by molar-refractivity contribution is -0.129. The van der Waals surface area contributed by atoms with Crippen LogP contribution in [-0.4, -0.2) is 70.2 Å². The number of hydrogen-bond donors (Lipinski definition) is 0. The van der Waals surface area contributed by atoms with Gasteiger partial charge in [-0.05, 0) is 25.3 Å². The molecule has 1 saturated carbocycles. The van der Waals surface area contributed by atoms with E-state index in [1.54, 1.807) is 4.90 Å². The average molecular weight is 450 g/mol. The van der Waals surface area contributed by atoms with E-state index in [-0.39, 0.29) is 11.7 Å². The number of carbonyl (C=O) groups is 1. The lowest BCUT2D eigenvalue weighted by Crippen LogP contribution is -2.51. The summed E-state index contributed by atoms with van der Waals surface area (Å²) in [5.41, 5.74) is 0.776. The van der Waals surface area contributed by atoms with Crippen LogP contribution in [-0.2, 0) is 27.1 Å². The fourth-order valence-corrected chi connectivity index (χ4v) is 6.09. The fourth-order valence-electron chi connectivity index (χ4n) is 3.66. The van der Waals surface area contributed by atoms with Crippen molar-refractivity contribution in [2.24, 2.45) is 0 Å². The van der Waals surface area contributed by atoms with Gasteiger partial charge < -0.3 is 9.47 Å². The summed E-state index contributed by atoms with van der Waals surface area (Å²) in [6.45, 7) is 4.37. The number of benzene rings is 1. The fraction of sp³-hybridized carbons (Fsp3) is 0.550. The lowest BCUT2D eigenvalue weighted by atomic mass is 10.2. The van der Waals surface area contributed by atoms with E-state index in [1.807, 2.05) is 30.3 Å². The summed E-state index contributed by atoms with van der Waals surface area (Å²) in [4.78, 5) is 14.4. The Bertz CT molecular complexity index is 981. The van der Waals surface area contributed by atoms with Crippen molar-refractivity contribution in [2.75, 3.05) is 31.9 Å². The molecule has 2 aromatic rings. The molecule has 0 N–H and O–H groups in total. The minimum absolute atomic E-state index is 0.00631. The molecule has 0 spiro atoms. The van der Waals surface area contributed by atoms with Crippen molar-refractivity contribution in [1.82, 2.24) is 24.0 Å². The molecule has 2 fully saturated rings. The van der Waals surface area contributed by atoms with Gasteiger partial charge in [0.2, 0.25) is 15.9 Å². The van der Waals surface area contributed by atoms with Gasteiger partial charge in [0.1, 0.15) is 5.82 Å². The molecule has 2 aliphatic rings. The standard InChI is InChI=1S/C20H27N5O3S2/c1-2-25-19(17-8-9-17)21-22-20(25)29-14-18(26)23-10-12-24(13-11-23)30(27,28)15-16-6-4-3-5-7-16/h3-7,17H,2,8-15H2,1H3. The van der Waals surface area contributed by atoms with E-state index in [9.17, 15) is 13.2 Å². The van der Waals surface area contributed by atoms with Crippen molar-refractivity contribution in [2.45, 2.75) is 43.1 Å². The maximum atomic E-state index is 12.7. The number of carbonyl (C=O) groups excluding carboxylic acids is 1. The molecule has 0 radical (unpaired) electrons. The maximum absolute atomic E-state index is 12.7. The first kappa shape index (κ1) is 21.3. The van der Waals surface area contributed by atoms with E-state index >= 15 is 0 Å². The van der Waals surface area contributed by atoms with Crippen LogP contribution < -0.4 is 0 Å². The second-order valence-corrected chi connectivity index (χ2v) is 10.6. The highest BCUT2D eigenvalue weighted by Gasteiger charge is 2.31. The van der Waals surface area contributed by atoms with E-state index in [1.165, 1.54) is 28.9 Å². The normalized spacial score (nSPS) is 18.0. The second kappa shape index (κ2) is 9.07. The third kappa shape index (κ3) is 4.87. The molecule has 1 saturated heterocycles.